The van der Waals surface area contributed by atoms with E-state index in [0.717, 1.165) is 38.2 Å². The van der Waals surface area contributed by atoms with Crippen molar-refractivity contribution in [3.63, 3.8) is 0 Å². The summed E-state index contributed by atoms with van der Waals surface area (Å²) in [6.45, 7) is 6.91. The summed E-state index contributed by atoms with van der Waals surface area (Å²) in [7, 11) is 2.15. The van der Waals surface area contributed by atoms with Crippen LogP contribution in [-0.2, 0) is 4.74 Å². The monoisotopic (exact) mass is 295 g/mol. The Morgan fingerprint density at radius 3 is 2.90 bits per heavy atom. The zero-order chi connectivity index (χ0) is 15.2. The number of ether oxygens (including phenoxy) is 1. The van der Waals surface area contributed by atoms with E-state index >= 15 is 0 Å². The first-order chi connectivity index (χ1) is 10.1. The quantitative estimate of drug-likeness (QED) is 0.838. The molecule has 1 aliphatic rings. The molecule has 1 N–H and O–H groups in total. The van der Waals surface area contributed by atoms with E-state index in [-0.39, 0.29) is 11.9 Å². The van der Waals surface area contributed by atoms with Crippen LogP contribution in [0, 0.1) is 5.82 Å². The molecule has 1 aromatic heterocycles. The fraction of sp³-hybridized carbons (Fsp3) is 0.688. The Morgan fingerprint density at radius 2 is 2.33 bits per heavy atom. The van der Waals surface area contributed by atoms with Crippen molar-refractivity contribution < 1.29 is 9.13 Å². The molecule has 5 heteroatoms. The summed E-state index contributed by atoms with van der Waals surface area (Å²) in [4.78, 5) is 6.57. The van der Waals surface area contributed by atoms with Crippen LogP contribution in [0.1, 0.15) is 38.4 Å². The van der Waals surface area contributed by atoms with Gasteiger partial charge < -0.3 is 15.0 Å². The third kappa shape index (κ3) is 4.46. The number of aromatic nitrogens is 1. The Kier molecular flexibility index (Phi) is 6.08. The molecule has 2 heterocycles. The first-order valence-corrected chi connectivity index (χ1v) is 7.78. The lowest BCUT2D eigenvalue weighted by atomic mass is 10.1. The fourth-order valence-corrected chi connectivity index (χ4v) is 2.99. The van der Waals surface area contributed by atoms with Crippen molar-refractivity contribution in [3.8, 4) is 0 Å². The topological polar surface area (TPSA) is 37.4 Å². The second kappa shape index (κ2) is 7.82. The maximum Gasteiger partial charge on any atom is 0.141 e. The van der Waals surface area contributed by atoms with Gasteiger partial charge in [-0.1, -0.05) is 6.92 Å². The molecular weight excluding hydrogens is 269 g/mol. The number of hydrogen-bond acceptors (Lipinski definition) is 4. The highest BCUT2D eigenvalue weighted by Gasteiger charge is 2.28. The van der Waals surface area contributed by atoms with Crippen LogP contribution in [0.15, 0.2) is 18.3 Å². The van der Waals surface area contributed by atoms with Gasteiger partial charge in [-0.2, -0.15) is 0 Å². The molecule has 1 fully saturated rings. The van der Waals surface area contributed by atoms with Crippen molar-refractivity contribution in [1.29, 1.82) is 0 Å². The van der Waals surface area contributed by atoms with Crippen LogP contribution >= 0.6 is 0 Å². The summed E-state index contributed by atoms with van der Waals surface area (Å²) in [6, 6.07) is 3.90. The number of pyridine rings is 1. The van der Waals surface area contributed by atoms with Crippen molar-refractivity contribution in [2.45, 2.75) is 44.9 Å². The van der Waals surface area contributed by atoms with Crippen molar-refractivity contribution in [2.24, 2.45) is 0 Å². The van der Waals surface area contributed by atoms with Crippen molar-refractivity contribution in [2.75, 3.05) is 26.7 Å². The lowest BCUT2D eigenvalue weighted by Crippen LogP contribution is -2.38. The first kappa shape index (κ1) is 16.3. The third-order valence-electron chi connectivity index (χ3n) is 4.23. The zero-order valence-electron chi connectivity index (χ0n) is 13.2. The predicted octanol–water partition coefficient (Wildman–Crippen LogP) is 2.37. The molecule has 1 aromatic rings. The van der Waals surface area contributed by atoms with E-state index in [1.807, 2.05) is 0 Å². The van der Waals surface area contributed by atoms with Gasteiger partial charge >= 0.3 is 0 Å². The highest BCUT2D eigenvalue weighted by molar-refractivity contribution is 5.10. The number of hydrogen-bond donors (Lipinski definition) is 1. The van der Waals surface area contributed by atoms with Crippen molar-refractivity contribution in [1.82, 2.24) is 15.2 Å². The minimum Gasteiger partial charge on any atom is -0.377 e. The van der Waals surface area contributed by atoms with Crippen LogP contribution in [0.5, 0.6) is 0 Å². The summed E-state index contributed by atoms with van der Waals surface area (Å²) < 4.78 is 18.6. The molecule has 0 aliphatic carbocycles. The van der Waals surface area contributed by atoms with E-state index in [1.165, 1.54) is 12.3 Å². The molecule has 0 saturated carbocycles. The Balaban J connectivity index is 1.92. The van der Waals surface area contributed by atoms with E-state index in [4.69, 9.17) is 4.74 Å². The molecular formula is C16H26FN3O. The van der Waals surface area contributed by atoms with Gasteiger partial charge in [-0.05, 0) is 45.5 Å². The molecule has 3 atom stereocenters. The molecule has 0 aromatic carbocycles. The largest absolute Gasteiger partial charge is 0.377 e. The molecule has 0 amide bonds. The minimum atomic E-state index is -0.289. The van der Waals surface area contributed by atoms with Gasteiger partial charge in [0.1, 0.15) is 5.82 Å². The van der Waals surface area contributed by atoms with Crippen molar-refractivity contribution in [3.05, 3.63) is 29.8 Å². The average molecular weight is 295 g/mol. The average Bonchev–Trinajstić information content (AvgIpc) is 2.90. The third-order valence-corrected chi connectivity index (χ3v) is 4.23. The number of likely N-dealkylation sites (N-methyl/N-ethyl adjacent to an activating group) is 1. The SMILES string of the molecule is CCNC(CCN(C)C1CCOC1C)c1ccc(F)cn1. The first-order valence-electron chi connectivity index (χ1n) is 7.78. The predicted molar refractivity (Wildman–Crippen MR) is 81.7 cm³/mol. The summed E-state index contributed by atoms with van der Waals surface area (Å²) in [5.41, 5.74) is 0.905. The highest BCUT2D eigenvalue weighted by atomic mass is 19.1. The van der Waals surface area contributed by atoms with E-state index in [9.17, 15) is 4.39 Å². The second-order valence-corrected chi connectivity index (χ2v) is 5.71. The lowest BCUT2D eigenvalue weighted by molar-refractivity contribution is 0.0823. The molecule has 4 nitrogen and oxygen atoms in total. The molecule has 1 aliphatic heterocycles. The summed E-state index contributed by atoms with van der Waals surface area (Å²) in [5.74, 6) is -0.289. The maximum atomic E-state index is 13.0. The van der Waals surface area contributed by atoms with Crippen molar-refractivity contribution >= 4 is 0 Å². The number of nitrogens with zero attached hydrogens (tertiary/aromatic N) is 2. The van der Waals surface area contributed by atoms with E-state index in [0.29, 0.717) is 12.1 Å². The number of nitrogens with one attached hydrogen (secondary N) is 1. The maximum absolute atomic E-state index is 13.0. The Hall–Kier alpha value is -1.04. The molecule has 2 rings (SSSR count). The van der Waals surface area contributed by atoms with Crippen LogP contribution in [0.4, 0.5) is 4.39 Å². The van der Waals surface area contributed by atoms with Gasteiger partial charge in [0.05, 0.1) is 24.0 Å². The second-order valence-electron chi connectivity index (χ2n) is 5.71. The molecule has 21 heavy (non-hydrogen) atoms. The van der Waals surface area contributed by atoms with Crippen LogP contribution in [0.3, 0.4) is 0 Å². The standard InChI is InChI=1S/C16H26FN3O/c1-4-18-15(14-6-5-13(17)11-19-14)7-9-20(3)16-8-10-21-12(16)2/h5-6,11-12,15-16,18H,4,7-10H2,1-3H3. The van der Waals surface area contributed by atoms with Gasteiger partial charge in [-0.3, -0.25) is 4.98 Å². The van der Waals surface area contributed by atoms with Gasteiger partial charge in [0.15, 0.2) is 0 Å². The fourth-order valence-electron chi connectivity index (χ4n) is 2.99. The van der Waals surface area contributed by atoms with E-state index < -0.39 is 0 Å². The highest BCUT2D eigenvalue weighted by Crippen LogP contribution is 2.21. The smallest absolute Gasteiger partial charge is 0.141 e. The number of rotatable bonds is 7. The van der Waals surface area contributed by atoms with Gasteiger partial charge in [-0.15, -0.1) is 0 Å². The van der Waals surface area contributed by atoms with Crippen LogP contribution in [-0.4, -0.2) is 48.8 Å². The Labute approximate surface area is 126 Å². The molecule has 1 saturated heterocycles. The Morgan fingerprint density at radius 1 is 1.52 bits per heavy atom. The summed E-state index contributed by atoms with van der Waals surface area (Å²) in [6.07, 6.45) is 3.64. The van der Waals surface area contributed by atoms with Gasteiger partial charge in [-0.25, -0.2) is 4.39 Å². The van der Waals surface area contributed by atoms with Gasteiger partial charge in [0.25, 0.3) is 0 Å². The van der Waals surface area contributed by atoms with Gasteiger partial charge in [0.2, 0.25) is 0 Å². The van der Waals surface area contributed by atoms with Crippen LogP contribution < -0.4 is 5.32 Å². The minimum absolute atomic E-state index is 0.163. The summed E-state index contributed by atoms with van der Waals surface area (Å²) in [5, 5.41) is 3.43. The van der Waals surface area contributed by atoms with Crippen LogP contribution in [0.2, 0.25) is 0 Å². The van der Waals surface area contributed by atoms with E-state index in [1.54, 1.807) is 6.07 Å². The number of halogens is 1. The summed E-state index contributed by atoms with van der Waals surface area (Å²) >= 11 is 0. The molecule has 118 valence electrons. The Bertz CT molecular complexity index is 426. The van der Waals surface area contributed by atoms with E-state index in [2.05, 4.69) is 36.1 Å². The molecule has 0 spiro atoms. The molecule has 3 unspecified atom stereocenters. The zero-order valence-corrected chi connectivity index (χ0v) is 13.2. The normalized spacial score (nSPS) is 23.7. The van der Waals surface area contributed by atoms with Gasteiger partial charge in [0, 0.05) is 19.2 Å². The lowest BCUT2D eigenvalue weighted by Gasteiger charge is -2.28. The molecule has 0 radical (unpaired) electrons. The molecule has 0 bridgehead atoms. The van der Waals surface area contributed by atoms with Crippen LogP contribution in [0.25, 0.3) is 0 Å².